The number of fused-ring (bicyclic) bond motifs is 1. The number of aromatic nitrogens is 2. The Morgan fingerprint density at radius 1 is 1.09 bits per heavy atom. The first-order valence-corrected chi connectivity index (χ1v) is 13.9. The summed E-state index contributed by atoms with van der Waals surface area (Å²) in [6.45, 7) is 9.11. The van der Waals surface area contributed by atoms with Crippen molar-refractivity contribution < 1.29 is 4.79 Å². The van der Waals surface area contributed by atoms with Gasteiger partial charge in [-0.05, 0) is 51.3 Å². The zero-order valence-electron chi connectivity index (χ0n) is 20.1. The minimum absolute atomic E-state index is 0.0670. The van der Waals surface area contributed by atoms with Crippen LogP contribution >= 0.6 is 23.1 Å². The van der Waals surface area contributed by atoms with Gasteiger partial charge in [0.15, 0.2) is 5.16 Å². The van der Waals surface area contributed by atoms with Crippen LogP contribution in [0.3, 0.4) is 0 Å². The summed E-state index contributed by atoms with van der Waals surface area (Å²) in [5.41, 5.74) is 2.32. The number of anilines is 1. The Morgan fingerprint density at radius 3 is 2.44 bits per heavy atom. The van der Waals surface area contributed by atoms with Crippen molar-refractivity contribution in [2.75, 3.05) is 31.1 Å². The van der Waals surface area contributed by atoms with Gasteiger partial charge in [-0.25, -0.2) is 4.98 Å². The Bertz CT molecular complexity index is 1240. The molecule has 0 spiro atoms. The van der Waals surface area contributed by atoms with E-state index in [0.717, 1.165) is 59.4 Å². The normalized spacial score (nSPS) is 18.1. The number of carbonyl (C=O) groups excluding carboxylic acids is 1. The van der Waals surface area contributed by atoms with Crippen molar-refractivity contribution in [1.82, 2.24) is 14.5 Å². The van der Waals surface area contributed by atoms with Crippen LogP contribution in [0.4, 0.5) is 5.69 Å². The monoisotopic (exact) mass is 496 g/mol. The predicted octanol–water partition coefficient (Wildman–Crippen LogP) is 5.02. The second-order valence-corrected chi connectivity index (χ2v) is 11.9. The molecule has 0 radical (unpaired) electrons. The number of piperazine rings is 1. The molecule has 1 amide bonds. The van der Waals surface area contributed by atoms with E-state index < -0.39 is 0 Å². The van der Waals surface area contributed by atoms with Gasteiger partial charge >= 0.3 is 0 Å². The third kappa shape index (κ3) is 4.38. The first-order valence-electron chi connectivity index (χ1n) is 12.2. The number of para-hydroxylation sites is 1. The Kier molecular flexibility index (Phi) is 6.71. The summed E-state index contributed by atoms with van der Waals surface area (Å²) in [6.07, 6.45) is 4.29. The van der Waals surface area contributed by atoms with Crippen molar-refractivity contribution in [3.63, 3.8) is 0 Å². The first kappa shape index (κ1) is 23.4. The molecule has 0 bridgehead atoms. The molecule has 1 saturated carbocycles. The molecule has 0 N–H and O–H groups in total. The number of nitrogens with zero attached hydrogens (tertiary/aromatic N) is 4. The highest BCUT2D eigenvalue weighted by atomic mass is 32.2. The van der Waals surface area contributed by atoms with Gasteiger partial charge in [-0.3, -0.25) is 14.2 Å². The number of benzene rings is 1. The molecule has 3 aromatic rings. The topological polar surface area (TPSA) is 58.4 Å². The van der Waals surface area contributed by atoms with Gasteiger partial charge in [0.1, 0.15) is 4.83 Å². The van der Waals surface area contributed by atoms with Crippen LogP contribution in [0.5, 0.6) is 0 Å². The maximum absolute atomic E-state index is 13.6. The second-order valence-electron chi connectivity index (χ2n) is 9.38. The summed E-state index contributed by atoms with van der Waals surface area (Å²) >= 11 is 3.04. The van der Waals surface area contributed by atoms with Crippen molar-refractivity contribution in [2.45, 2.75) is 62.9 Å². The van der Waals surface area contributed by atoms with Crippen molar-refractivity contribution in [3.8, 4) is 0 Å². The molecule has 1 aliphatic carbocycles. The predicted molar refractivity (Wildman–Crippen MR) is 141 cm³/mol. The van der Waals surface area contributed by atoms with Gasteiger partial charge in [-0.1, -0.05) is 42.8 Å². The maximum atomic E-state index is 13.6. The van der Waals surface area contributed by atoms with E-state index in [0.29, 0.717) is 18.2 Å². The van der Waals surface area contributed by atoms with Crippen molar-refractivity contribution in [1.29, 1.82) is 0 Å². The highest BCUT2D eigenvalue weighted by Crippen LogP contribution is 2.36. The van der Waals surface area contributed by atoms with E-state index >= 15 is 0 Å². The Morgan fingerprint density at radius 2 is 1.76 bits per heavy atom. The van der Waals surface area contributed by atoms with E-state index in [1.54, 1.807) is 11.3 Å². The average Bonchev–Trinajstić information content (AvgIpc) is 3.47. The fourth-order valence-corrected chi connectivity index (χ4v) is 7.28. The molecular weight excluding hydrogens is 464 g/mol. The third-order valence-corrected chi connectivity index (χ3v) is 9.39. The van der Waals surface area contributed by atoms with Crippen LogP contribution in [0.1, 0.15) is 49.1 Å². The second kappa shape index (κ2) is 9.74. The lowest BCUT2D eigenvalue weighted by Gasteiger charge is -2.37. The van der Waals surface area contributed by atoms with E-state index in [9.17, 15) is 9.59 Å². The summed E-state index contributed by atoms with van der Waals surface area (Å²) < 4.78 is 1.91. The molecule has 34 heavy (non-hydrogen) atoms. The molecule has 2 aromatic heterocycles. The van der Waals surface area contributed by atoms with Gasteiger partial charge in [0, 0.05) is 42.8 Å². The molecule has 6 nitrogen and oxygen atoms in total. The molecular formula is C26H32N4O2S2. The maximum Gasteiger partial charge on any atom is 0.263 e. The Labute approximate surface area is 209 Å². The summed E-state index contributed by atoms with van der Waals surface area (Å²) in [6, 6.07) is 10.5. The molecule has 2 aliphatic rings. The number of amides is 1. The Balaban J connectivity index is 1.36. The number of thiophene rings is 1. The summed E-state index contributed by atoms with van der Waals surface area (Å²) in [5.74, 6) is 0.128. The van der Waals surface area contributed by atoms with Gasteiger partial charge in [-0.2, -0.15) is 0 Å². The highest BCUT2D eigenvalue weighted by Gasteiger charge is 2.30. The first-order chi connectivity index (χ1) is 16.4. The van der Waals surface area contributed by atoms with E-state index in [1.807, 2.05) is 29.4 Å². The number of hydrogen-bond acceptors (Lipinski definition) is 6. The number of hydrogen-bond donors (Lipinski definition) is 0. The minimum atomic E-state index is -0.289. The third-order valence-electron chi connectivity index (χ3n) is 7.24. The van der Waals surface area contributed by atoms with Gasteiger partial charge < -0.3 is 9.80 Å². The van der Waals surface area contributed by atoms with Gasteiger partial charge in [0.05, 0.1) is 10.6 Å². The highest BCUT2D eigenvalue weighted by molar-refractivity contribution is 8.00. The molecule has 1 aliphatic heterocycles. The van der Waals surface area contributed by atoms with Crippen molar-refractivity contribution in [3.05, 3.63) is 51.1 Å². The van der Waals surface area contributed by atoms with Crippen molar-refractivity contribution in [2.24, 2.45) is 0 Å². The lowest BCUT2D eigenvalue weighted by Crippen LogP contribution is -2.50. The van der Waals surface area contributed by atoms with E-state index in [-0.39, 0.29) is 22.8 Å². The van der Waals surface area contributed by atoms with Crippen LogP contribution in [-0.4, -0.2) is 51.8 Å². The van der Waals surface area contributed by atoms with Gasteiger partial charge in [-0.15, -0.1) is 11.3 Å². The van der Waals surface area contributed by atoms with Crippen LogP contribution in [0, 0.1) is 13.8 Å². The molecule has 2 fully saturated rings. The fraction of sp³-hybridized carbons (Fsp3) is 0.500. The molecule has 8 heteroatoms. The number of thioether (sulfide) groups is 1. The van der Waals surface area contributed by atoms with E-state index in [1.165, 1.54) is 17.4 Å². The van der Waals surface area contributed by atoms with Crippen LogP contribution in [-0.2, 0) is 4.79 Å². The van der Waals surface area contributed by atoms with Crippen LogP contribution in [0.2, 0.25) is 0 Å². The largest absolute Gasteiger partial charge is 0.368 e. The fourth-order valence-electron chi connectivity index (χ4n) is 5.14. The number of carbonyl (C=O) groups is 1. The lowest BCUT2D eigenvalue weighted by atomic mass is 10.2. The zero-order chi connectivity index (χ0) is 23.8. The van der Waals surface area contributed by atoms with Gasteiger partial charge in [0.2, 0.25) is 5.91 Å². The zero-order valence-corrected chi connectivity index (χ0v) is 21.8. The summed E-state index contributed by atoms with van der Waals surface area (Å²) in [7, 11) is 0. The quantitative estimate of drug-likeness (QED) is 0.367. The van der Waals surface area contributed by atoms with E-state index in [2.05, 4.69) is 36.1 Å². The van der Waals surface area contributed by atoms with Crippen LogP contribution in [0.15, 0.2) is 40.3 Å². The molecule has 1 atom stereocenters. The molecule has 5 rings (SSSR count). The summed E-state index contributed by atoms with van der Waals surface area (Å²) in [5, 5.41) is 1.17. The number of aryl methyl sites for hydroxylation is 2. The minimum Gasteiger partial charge on any atom is -0.368 e. The van der Waals surface area contributed by atoms with Gasteiger partial charge in [0.25, 0.3) is 5.56 Å². The average molecular weight is 497 g/mol. The molecule has 1 aromatic carbocycles. The van der Waals surface area contributed by atoms with E-state index in [4.69, 9.17) is 4.98 Å². The lowest BCUT2D eigenvalue weighted by molar-refractivity contribution is -0.130. The van der Waals surface area contributed by atoms with Crippen molar-refractivity contribution >= 4 is 44.9 Å². The summed E-state index contributed by atoms with van der Waals surface area (Å²) in [4.78, 5) is 38.1. The molecule has 1 unspecified atom stereocenters. The Hall–Kier alpha value is -2.32. The molecule has 3 heterocycles. The smallest absolute Gasteiger partial charge is 0.263 e. The standard InChI is InChI=1S/C26H32N4O2S2/c1-17-18(2)33-23-22(17)25(32)30(21-11-7-8-12-21)26(27-23)34-19(3)24(31)29-15-13-28(14-16-29)20-9-5-4-6-10-20/h4-6,9-10,19,21H,7-8,11-16H2,1-3H3. The van der Waals surface area contributed by atoms with Crippen LogP contribution < -0.4 is 10.5 Å². The van der Waals surface area contributed by atoms with Crippen LogP contribution in [0.25, 0.3) is 10.2 Å². The SMILES string of the molecule is Cc1sc2nc(SC(C)C(=O)N3CCN(c4ccccc4)CC3)n(C3CCCC3)c(=O)c2c1C. The molecule has 1 saturated heterocycles. The molecule has 180 valence electrons. The number of rotatable bonds is 5.